The predicted octanol–water partition coefficient (Wildman–Crippen LogP) is 0.487. The van der Waals surface area contributed by atoms with Gasteiger partial charge in [0.25, 0.3) is 0 Å². The normalized spacial score (nSPS) is 10.8. The minimum Gasteiger partial charge on any atom is -0.411 e. The summed E-state index contributed by atoms with van der Waals surface area (Å²) in [5, 5.41) is 2.46. The first-order valence-electron chi connectivity index (χ1n) is 6.07. The van der Waals surface area contributed by atoms with Crippen LogP contribution < -0.4 is 10.2 Å². The zero-order valence-corrected chi connectivity index (χ0v) is 12.0. The number of rotatable bonds is 9. The van der Waals surface area contributed by atoms with Crippen molar-refractivity contribution in [1.29, 1.82) is 0 Å². The summed E-state index contributed by atoms with van der Waals surface area (Å²) in [6.07, 6.45) is 2.57. The first-order chi connectivity index (χ1) is 10.3. The first-order valence-corrected chi connectivity index (χ1v) is 6.44. The Kier molecular flexibility index (Phi) is 5.67. The van der Waals surface area contributed by atoms with Crippen LogP contribution >= 0.6 is 11.6 Å². The van der Waals surface area contributed by atoms with Gasteiger partial charge in [0.05, 0.1) is 6.61 Å². The van der Waals surface area contributed by atoms with Crippen LogP contribution in [0.25, 0.3) is 11.2 Å². The van der Waals surface area contributed by atoms with Gasteiger partial charge in [0.2, 0.25) is 18.0 Å². The van der Waals surface area contributed by atoms with Crippen LogP contribution in [0.1, 0.15) is 6.42 Å². The third-order valence-corrected chi connectivity index (χ3v) is 2.64. The van der Waals surface area contributed by atoms with E-state index in [0.717, 1.165) is 0 Å². The quantitative estimate of drug-likeness (QED) is 0.311. The number of anilines is 1. The van der Waals surface area contributed by atoms with Crippen LogP contribution in [-0.4, -0.2) is 53.2 Å². The van der Waals surface area contributed by atoms with Gasteiger partial charge in [-0.25, -0.2) is 4.98 Å². The lowest BCUT2D eigenvalue weighted by Crippen LogP contribution is -2.14. The molecular formula is C11H14ClN5O4. The Hall–Kier alpha value is -1.97. The van der Waals surface area contributed by atoms with Crippen LogP contribution in [-0.2, 0) is 14.3 Å². The fourth-order valence-electron chi connectivity index (χ4n) is 1.52. The van der Waals surface area contributed by atoms with Crippen molar-refractivity contribution in [1.82, 2.24) is 19.7 Å². The summed E-state index contributed by atoms with van der Waals surface area (Å²) < 4.78 is 11.3. The molecule has 114 valence electrons. The molecule has 0 radical (unpaired) electrons. The maximum Gasteiger partial charge on any atom is 0.232 e. The van der Waals surface area contributed by atoms with Crippen LogP contribution in [0, 0.1) is 0 Å². The van der Waals surface area contributed by atoms with E-state index in [-0.39, 0.29) is 17.9 Å². The number of carbonyl (C=O) groups excluding carboxylic acids is 1. The smallest absolute Gasteiger partial charge is 0.232 e. The monoisotopic (exact) mass is 315 g/mol. The number of aromatic nitrogens is 4. The topological polar surface area (TPSA) is 100 Å². The van der Waals surface area contributed by atoms with E-state index in [0.29, 0.717) is 37.2 Å². The van der Waals surface area contributed by atoms with E-state index in [2.05, 4.69) is 20.3 Å². The number of nitrogens with one attached hydrogen (secondary N) is 1. The second kappa shape index (κ2) is 7.72. The summed E-state index contributed by atoms with van der Waals surface area (Å²) in [6.45, 7) is 1.15. The molecule has 21 heavy (non-hydrogen) atoms. The third kappa shape index (κ3) is 4.00. The Morgan fingerprint density at radius 2 is 2.29 bits per heavy atom. The van der Waals surface area contributed by atoms with Gasteiger partial charge in [0.1, 0.15) is 25.2 Å². The molecule has 0 bridgehead atoms. The number of ether oxygens (including phenoxy) is 2. The minimum atomic E-state index is 0.0799. The van der Waals surface area contributed by atoms with Crippen LogP contribution in [0.4, 0.5) is 5.95 Å². The molecule has 2 heterocycles. The molecule has 0 saturated heterocycles. The third-order valence-electron chi connectivity index (χ3n) is 2.38. The van der Waals surface area contributed by atoms with Crippen molar-refractivity contribution in [2.45, 2.75) is 6.42 Å². The first kappa shape index (κ1) is 15.4. The molecule has 0 aliphatic rings. The van der Waals surface area contributed by atoms with E-state index < -0.39 is 0 Å². The summed E-state index contributed by atoms with van der Waals surface area (Å²) in [6, 6.07) is 0. The van der Waals surface area contributed by atoms with Gasteiger partial charge in [-0.05, 0) is 0 Å². The molecule has 0 aromatic carbocycles. The summed E-state index contributed by atoms with van der Waals surface area (Å²) in [5.41, 5.74) is 0.765. The summed E-state index contributed by atoms with van der Waals surface area (Å²) >= 11 is 5.96. The molecule has 0 aliphatic carbocycles. The van der Waals surface area contributed by atoms with Crippen LogP contribution in [0.15, 0.2) is 6.33 Å². The molecule has 0 saturated carbocycles. The number of halogens is 1. The van der Waals surface area contributed by atoms with Gasteiger partial charge in [-0.3, -0.25) is 10.1 Å². The number of hydrogen-bond donors (Lipinski definition) is 1. The van der Waals surface area contributed by atoms with Crippen LogP contribution in [0.3, 0.4) is 0 Å². The van der Waals surface area contributed by atoms with Crippen LogP contribution in [0.5, 0.6) is 0 Å². The van der Waals surface area contributed by atoms with Gasteiger partial charge < -0.3 is 14.3 Å². The number of fused-ring (bicyclic) bond motifs is 1. The average Bonchev–Trinajstić information content (AvgIpc) is 2.87. The van der Waals surface area contributed by atoms with Gasteiger partial charge in [0, 0.05) is 13.5 Å². The van der Waals surface area contributed by atoms with E-state index in [1.807, 2.05) is 0 Å². The van der Waals surface area contributed by atoms with Crippen molar-refractivity contribution in [2.24, 2.45) is 0 Å². The number of imidazole rings is 1. The largest absolute Gasteiger partial charge is 0.411 e. The zero-order chi connectivity index (χ0) is 15.1. The molecule has 10 heteroatoms. The highest BCUT2D eigenvalue weighted by Gasteiger charge is 2.12. The number of nitrogens with zero attached hydrogens (tertiary/aromatic N) is 4. The molecule has 2 aromatic heterocycles. The van der Waals surface area contributed by atoms with Crippen molar-refractivity contribution < 1.29 is 19.1 Å². The molecular weight excluding hydrogens is 302 g/mol. The van der Waals surface area contributed by atoms with Crippen molar-refractivity contribution in [3.63, 3.8) is 0 Å². The van der Waals surface area contributed by atoms with Gasteiger partial charge in [-0.2, -0.15) is 14.7 Å². The number of carbonyl (C=O) groups is 1. The molecule has 0 unspecified atom stereocenters. The number of methoxy groups -OCH3 is 1. The summed E-state index contributed by atoms with van der Waals surface area (Å²) in [4.78, 5) is 28.0. The summed E-state index contributed by atoms with van der Waals surface area (Å²) in [5.74, 6) is 0.0799. The lowest BCUT2D eigenvalue weighted by molar-refractivity contribution is -0.105. The highest BCUT2D eigenvalue weighted by Crippen LogP contribution is 2.19. The fraction of sp³-hybridized carbons (Fsp3) is 0.455. The Balaban J connectivity index is 2.01. The molecule has 0 fully saturated rings. The van der Waals surface area contributed by atoms with Gasteiger partial charge >= 0.3 is 0 Å². The lowest BCUT2D eigenvalue weighted by Gasteiger charge is -2.07. The van der Waals surface area contributed by atoms with E-state index in [1.54, 1.807) is 7.11 Å². The van der Waals surface area contributed by atoms with Gasteiger partial charge in [0.15, 0.2) is 5.15 Å². The van der Waals surface area contributed by atoms with Crippen molar-refractivity contribution in [3.8, 4) is 0 Å². The molecule has 2 rings (SSSR count). The van der Waals surface area contributed by atoms with Crippen molar-refractivity contribution in [2.75, 3.05) is 32.4 Å². The lowest BCUT2D eigenvalue weighted by atomic mass is 10.5. The summed E-state index contributed by atoms with van der Waals surface area (Å²) in [7, 11) is 1.56. The molecule has 0 aliphatic heterocycles. The second-order valence-corrected chi connectivity index (χ2v) is 4.20. The molecule has 0 spiro atoms. The van der Waals surface area contributed by atoms with E-state index in [9.17, 15) is 4.79 Å². The van der Waals surface area contributed by atoms with Gasteiger partial charge in [-0.1, -0.05) is 11.6 Å². The number of amides is 1. The Bertz CT molecular complexity index is 606. The molecule has 1 amide bonds. The van der Waals surface area contributed by atoms with Gasteiger partial charge in [-0.15, -0.1) is 0 Å². The van der Waals surface area contributed by atoms with E-state index in [1.165, 1.54) is 11.1 Å². The Morgan fingerprint density at radius 1 is 1.43 bits per heavy atom. The predicted molar refractivity (Wildman–Crippen MR) is 73.9 cm³/mol. The van der Waals surface area contributed by atoms with E-state index >= 15 is 0 Å². The SMILES string of the molecule is COCOCCCOn1cnc2c(Cl)nc(NC=O)nc21. The van der Waals surface area contributed by atoms with Crippen molar-refractivity contribution >= 4 is 35.1 Å². The number of hydrogen-bond acceptors (Lipinski definition) is 7. The minimum absolute atomic E-state index is 0.0799. The molecule has 9 nitrogen and oxygen atoms in total. The highest BCUT2D eigenvalue weighted by molar-refractivity contribution is 6.33. The van der Waals surface area contributed by atoms with E-state index in [4.69, 9.17) is 25.9 Å². The fourth-order valence-corrected chi connectivity index (χ4v) is 1.74. The maximum absolute atomic E-state index is 10.4. The molecule has 2 aromatic rings. The standard InChI is InChI=1S/C11H14ClN5O4/c1-19-7-20-3-2-4-21-17-5-13-8-9(12)15-11(14-6-18)16-10(8)17/h5-6H,2-4,7H2,1H3,(H,14,15,16,18). The van der Waals surface area contributed by atoms with Crippen molar-refractivity contribution in [3.05, 3.63) is 11.5 Å². The zero-order valence-electron chi connectivity index (χ0n) is 11.3. The molecule has 1 N–H and O–H groups in total. The Labute approximate surface area is 125 Å². The Morgan fingerprint density at radius 3 is 3.05 bits per heavy atom. The molecule has 0 atom stereocenters. The second-order valence-electron chi connectivity index (χ2n) is 3.84. The highest BCUT2D eigenvalue weighted by atomic mass is 35.5. The van der Waals surface area contributed by atoms with Crippen LogP contribution in [0.2, 0.25) is 5.15 Å². The maximum atomic E-state index is 10.4. The average molecular weight is 316 g/mol.